The average molecular weight is 1490 g/mol. The highest BCUT2D eigenvalue weighted by molar-refractivity contribution is 6.35. The summed E-state index contributed by atoms with van der Waals surface area (Å²) in [7, 11) is 5.68. The van der Waals surface area contributed by atoms with Crippen molar-refractivity contribution in [3.05, 3.63) is 190 Å². The number of amides is 16. The van der Waals surface area contributed by atoms with Gasteiger partial charge in [0.1, 0.15) is 0 Å². The Bertz CT molecular complexity index is 5070. The van der Waals surface area contributed by atoms with Crippen LogP contribution in [0.2, 0.25) is 0 Å². The summed E-state index contributed by atoms with van der Waals surface area (Å²) in [5.74, 6) is -11.5. The second-order valence-electron chi connectivity index (χ2n) is 33.3. The van der Waals surface area contributed by atoms with Crippen molar-refractivity contribution < 1.29 is 76.7 Å². The maximum atomic E-state index is 13.8. The summed E-state index contributed by atoms with van der Waals surface area (Å²) in [6, 6.07) is 45.5. The molecule has 8 aliphatic heterocycles. The van der Waals surface area contributed by atoms with Crippen LogP contribution in [0.25, 0.3) is 0 Å². The third-order valence-corrected chi connectivity index (χ3v) is 29.1. The van der Waals surface area contributed by atoms with Gasteiger partial charge in [-0.3, -0.25) is 106 Å². The Morgan fingerprint density at radius 1 is 0.209 bits per heavy atom. The highest BCUT2D eigenvalue weighted by Crippen LogP contribution is 2.85. The molecular formula is C86H84N8O16. The molecule has 24 nitrogen and oxygen atoms in total. The molecule has 6 aromatic rings. The Morgan fingerprint density at radius 3 is 0.573 bits per heavy atom. The Morgan fingerprint density at radius 2 is 0.364 bits per heavy atom. The molecule has 0 N–H and O–H groups in total. The predicted molar refractivity (Wildman–Crippen MR) is 397 cm³/mol. The van der Waals surface area contributed by atoms with Crippen LogP contribution in [0.4, 0.5) is 22.7 Å². The first-order valence-corrected chi connectivity index (χ1v) is 36.8. The van der Waals surface area contributed by atoms with Gasteiger partial charge in [0.15, 0.2) is 0 Å². The van der Waals surface area contributed by atoms with Gasteiger partial charge >= 0.3 is 0 Å². The molecule has 0 bridgehead atoms. The van der Waals surface area contributed by atoms with Crippen LogP contribution in [0.1, 0.15) is 99.9 Å². The Labute approximate surface area is 635 Å². The highest BCUT2D eigenvalue weighted by Gasteiger charge is 2.98. The van der Waals surface area contributed by atoms with Crippen LogP contribution in [-0.4, -0.2) is 142 Å². The predicted octanol–water partition coefficient (Wildman–Crippen LogP) is 7.68. The van der Waals surface area contributed by atoms with E-state index >= 15 is 0 Å². The zero-order valence-electron chi connectivity index (χ0n) is 64.0. The smallest absolute Gasteiger partial charge is 0.241 e. The molecule has 8 heterocycles. The standard InChI is InChI=1S/C27H28N2O4.C23H20N2O4.C20H22N2O4.C16H14N2O4/c1-16-7-9-17(10-8-16)15-18-11-13-19(14-12-18)29-22(32)26(4)24(2)20(30)28(6)21(31)25(24,3)27(26,5)23(29)33;1-12-3-5-13(6-4-12)11-14-7-9-15(10-8-14)25-22(28)18-16-17(19(18)23(25)29)21(27)24(2)20(16)26;1-11-7-9-12(10-8-11)22-15(25)19(4)17(2)13(23)21(6)14(24)18(17,3)20(19,5)16(22)26;1-7-3-5-8(6-4-7)18-15(21)11-9-10(12(11)16(18)22)14(20)17(2)13(9)19/h7-14H,15H2,1-6H3;3-10,16-19H,11H2,1-2H3;7-10H,1-6H3;3-6,9-12H,1-2H3. The molecule has 564 valence electrons. The number of benzene rings is 6. The molecule has 16 atom stereocenters. The van der Waals surface area contributed by atoms with Gasteiger partial charge in [-0.1, -0.05) is 119 Å². The van der Waals surface area contributed by atoms with E-state index in [1.165, 1.54) is 55.3 Å². The lowest BCUT2D eigenvalue weighted by molar-refractivity contribution is -0.243. The molecule has 4 aliphatic carbocycles. The van der Waals surface area contributed by atoms with E-state index in [1.807, 2.05) is 76.2 Å². The van der Waals surface area contributed by atoms with Crippen LogP contribution < -0.4 is 19.6 Å². The van der Waals surface area contributed by atoms with E-state index < -0.39 is 138 Å². The molecule has 110 heavy (non-hydrogen) atoms. The van der Waals surface area contributed by atoms with E-state index in [0.717, 1.165) is 69.4 Å². The highest BCUT2D eigenvalue weighted by atomic mass is 16.2. The fraction of sp³-hybridized carbons (Fsp3) is 0.395. The lowest BCUT2D eigenvalue weighted by atomic mass is 9.27. The van der Waals surface area contributed by atoms with Gasteiger partial charge < -0.3 is 0 Å². The van der Waals surface area contributed by atoms with Crippen molar-refractivity contribution in [2.45, 2.75) is 95.9 Å². The number of nitrogens with zero attached hydrogens (tertiary/aromatic N) is 8. The molecule has 16 amide bonds. The molecule has 16 unspecified atom stereocenters. The van der Waals surface area contributed by atoms with Gasteiger partial charge in [0.2, 0.25) is 94.5 Å². The van der Waals surface area contributed by atoms with Crippen LogP contribution in [-0.2, 0) is 89.6 Å². The number of fused-ring (bicyclic) bond motifs is 16. The molecular weight excluding hydrogens is 1400 g/mol. The zero-order valence-corrected chi connectivity index (χ0v) is 64.0. The minimum absolute atomic E-state index is 0.344. The molecule has 24 heteroatoms. The average Bonchev–Trinajstić information content (AvgIpc) is 1.43. The summed E-state index contributed by atoms with van der Waals surface area (Å²) in [4.78, 5) is 215. The largest absolute Gasteiger partial charge is 0.285 e. The number of hydrogen-bond donors (Lipinski definition) is 0. The third kappa shape index (κ3) is 8.56. The van der Waals surface area contributed by atoms with Gasteiger partial charge in [0, 0.05) is 28.2 Å². The molecule has 12 fully saturated rings. The first-order valence-electron chi connectivity index (χ1n) is 36.8. The second kappa shape index (κ2) is 24.0. The van der Waals surface area contributed by atoms with Crippen LogP contribution in [0.5, 0.6) is 0 Å². The quantitative estimate of drug-likeness (QED) is 0.132. The van der Waals surface area contributed by atoms with Gasteiger partial charge in [-0.2, -0.15) is 0 Å². The molecule has 12 aliphatic rings. The third-order valence-electron chi connectivity index (χ3n) is 29.1. The van der Waals surface area contributed by atoms with E-state index in [4.69, 9.17) is 0 Å². The maximum absolute atomic E-state index is 13.8. The fourth-order valence-electron chi connectivity index (χ4n) is 21.6. The van der Waals surface area contributed by atoms with Crippen LogP contribution in [0.3, 0.4) is 0 Å². The monoisotopic (exact) mass is 1480 g/mol. The Kier molecular flexibility index (Phi) is 16.1. The molecule has 0 aromatic heterocycles. The van der Waals surface area contributed by atoms with E-state index in [1.54, 1.807) is 104 Å². The minimum atomic E-state index is -1.30. The molecule has 0 spiro atoms. The van der Waals surface area contributed by atoms with E-state index in [2.05, 4.69) is 48.5 Å². The van der Waals surface area contributed by atoms with Crippen molar-refractivity contribution in [1.82, 2.24) is 19.6 Å². The van der Waals surface area contributed by atoms with Crippen molar-refractivity contribution in [2.24, 2.45) is 90.7 Å². The van der Waals surface area contributed by atoms with Crippen LogP contribution in [0.15, 0.2) is 146 Å². The lowest BCUT2D eigenvalue weighted by Crippen LogP contribution is -2.77. The molecule has 6 aromatic carbocycles. The number of rotatable bonds is 8. The SMILES string of the molecule is Cc1ccc(Cc2ccc(N3C(=O)C4(C)C5(C)C(=O)N(C)C(=O)C5(C)C4(C)C3=O)cc2)cc1.Cc1ccc(Cc2ccc(N3C(=O)C4C5C(=O)N(C)C(=O)C5C4C3=O)cc2)cc1.Cc1ccc(N2C(=O)C3(C)C4(C)C(=O)N(C)C(=O)C4(C)C3(C)C2=O)cc1.Cc1ccc(N2C(=O)C3C4C(=O)N(C)C(=O)C4C3C2=O)cc1. The number of carbonyl (C=O) groups is 16. The maximum Gasteiger partial charge on any atom is 0.241 e. The number of anilines is 4. The number of likely N-dealkylation sites (tertiary alicyclic amines) is 4. The molecule has 8 saturated heterocycles. The summed E-state index contributed by atoms with van der Waals surface area (Å²) in [6.45, 7) is 21.2. The first kappa shape index (κ1) is 73.9. The number of aryl methyl sites for hydroxylation is 4. The van der Waals surface area contributed by atoms with Crippen LogP contribution >= 0.6 is 0 Å². The first-order chi connectivity index (χ1) is 51.6. The van der Waals surface area contributed by atoms with E-state index in [9.17, 15) is 76.7 Å². The van der Waals surface area contributed by atoms with E-state index in [0.29, 0.717) is 22.7 Å². The van der Waals surface area contributed by atoms with Crippen molar-refractivity contribution in [3.63, 3.8) is 0 Å². The topological polar surface area (TPSA) is 299 Å². The van der Waals surface area contributed by atoms with Gasteiger partial charge in [-0.15, -0.1) is 0 Å². The van der Waals surface area contributed by atoms with Crippen molar-refractivity contribution >= 4 is 117 Å². The van der Waals surface area contributed by atoms with Crippen molar-refractivity contribution in [3.8, 4) is 0 Å². The van der Waals surface area contributed by atoms with E-state index in [-0.39, 0.29) is 47.3 Å². The lowest BCUT2D eigenvalue weighted by Gasteiger charge is -2.67. The van der Waals surface area contributed by atoms with Gasteiger partial charge in [-0.05, 0) is 167 Å². The number of hydrogen-bond acceptors (Lipinski definition) is 16. The fourth-order valence-corrected chi connectivity index (χ4v) is 21.6. The molecule has 0 radical (unpaired) electrons. The normalized spacial score (nSPS) is 34.3. The molecule has 4 saturated carbocycles. The summed E-state index contributed by atoms with van der Waals surface area (Å²) in [6.07, 6.45) is 1.50. The second-order valence-corrected chi connectivity index (χ2v) is 33.3. The Balaban J connectivity index is 0.000000118. The zero-order chi connectivity index (χ0) is 79.8. The molecule has 18 rings (SSSR count). The van der Waals surface area contributed by atoms with Gasteiger partial charge in [-0.25, -0.2) is 9.80 Å². The minimum Gasteiger partial charge on any atom is -0.285 e. The van der Waals surface area contributed by atoms with Crippen LogP contribution in [0, 0.1) is 118 Å². The van der Waals surface area contributed by atoms with Crippen molar-refractivity contribution in [1.29, 1.82) is 0 Å². The van der Waals surface area contributed by atoms with Gasteiger partial charge in [0.05, 0.1) is 113 Å². The van der Waals surface area contributed by atoms with Gasteiger partial charge in [0.25, 0.3) is 0 Å². The number of carbonyl (C=O) groups excluding carboxylic acids is 16. The summed E-state index contributed by atoms with van der Waals surface area (Å²) < 4.78 is 0. The summed E-state index contributed by atoms with van der Waals surface area (Å²) >= 11 is 0. The Hall–Kier alpha value is -11.6. The summed E-state index contributed by atoms with van der Waals surface area (Å²) in [5.41, 5.74) is 0.697. The summed E-state index contributed by atoms with van der Waals surface area (Å²) in [5, 5.41) is 0. The van der Waals surface area contributed by atoms with Crippen molar-refractivity contribution in [2.75, 3.05) is 47.8 Å². The number of imide groups is 8.